The Bertz CT molecular complexity index is 679. The lowest BCUT2D eigenvalue weighted by Gasteiger charge is -2.05. The first-order valence-electron chi connectivity index (χ1n) is 6.45. The van der Waals surface area contributed by atoms with E-state index in [1.165, 1.54) is 4.88 Å². The average Bonchev–Trinajstić information content (AvgIpc) is 3.16. The molecule has 7 heteroatoms. The number of hydrogen-bond acceptors (Lipinski definition) is 5. The van der Waals surface area contributed by atoms with Crippen molar-refractivity contribution < 1.29 is 0 Å². The van der Waals surface area contributed by atoms with Crippen LogP contribution in [-0.4, -0.2) is 19.7 Å². The molecule has 0 aliphatic rings. The van der Waals surface area contributed by atoms with Gasteiger partial charge in [-0.1, -0.05) is 35.5 Å². The lowest BCUT2D eigenvalue weighted by molar-refractivity contribution is 0.637. The third-order valence-corrected chi connectivity index (χ3v) is 5.13. The van der Waals surface area contributed by atoms with E-state index in [-0.39, 0.29) is 0 Å². The van der Waals surface area contributed by atoms with Crippen LogP contribution in [0.2, 0.25) is 5.15 Å². The predicted molar refractivity (Wildman–Crippen MR) is 86.9 cm³/mol. The Labute approximate surface area is 136 Å². The Morgan fingerprint density at radius 2 is 2.24 bits per heavy atom. The molecule has 3 heterocycles. The molecular formula is C14H13ClN4S2. The van der Waals surface area contributed by atoms with Crippen LogP contribution in [0.4, 0.5) is 0 Å². The van der Waals surface area contributed by atoms with E-state index >= 15 is 0 Å². The number of hydrogen-bond donors (Lipinski definition) is 0. The first kappa shape index (κ1) is 14.6. The molecule has 3 aromatic heterocycles. The lowest BCUT2D eigenvalue weighted by Crippen LogP contribution is -2.01. The molecule has 0 aliphatic heterocycles. The van der Waals surface area contributed by atoms with E-state index in [0.29, 0.717) is 5.15 Å². The zero-order chi connectivity index (χ0) is 14.5. The van der Waals surface area contributed by atoms with Crippen molar-refractivity contribution in [2.24, 2.45) is 0 Å². The molecule has 108 valence electrons. The van der Waals surface area contributed by atoms with Gasteiger partial charge in [-0.25, -0.2) is 4.98 Å². The number of aryl methyl sites for hydroxylation is 2. The fraction of sp³-hybridized carbons (Fsp3) is 0.214. The average molecular weight is 337 g/mol. The molecule has 0 fully saturated rings. The molecule has 0 unspecified atom stereocenters. The van der Waals surface area contributed by atoms with Crippen molar-refractivity contribution in [3.05, 3.63) is 57.8 Å². The smallest absolute Gasteiger partial charge is 0.191 e. The normalized spacial score (nSPS) is 10.9. The van der Waals surface area contributed by atoms with E-state index in [1.54, 1.807) is 41.7 Å². The van der Waals surface area contributed by atoms with Crippen LogP contribution in [0.5, 0.6) is 0 Å². The maximum Gasteiger partial charge on any atom is 0.191 e. The Kier molecular flexibility index (Phi) is 4.90. The summed E-state index contributed by atoms with van der Waals surface area (Å²) in [6.07, 6.45) is 4.59. The summed E-state index contributed by atoms with van der Waals surface area (Å²) >= 11 is 9.22. The molecule has 0 bridgehead atoms. The zero-order valence-electron chi connectivity index (χ0n) is 11.1. The van der Waals surface area contributed by atoms with Gasteiger partial charge in [-0.2, -0.15) is 0 Å². The van der Waals surface area contributed by atoms with Gasteiger partial charge in [0.15, 0.2) is 5.16 Å². The van der Waals surface area contributed by atoms with Crippen LogP contribution in [-0.2, 0) is 18.7 Å². The van der Waals surface area contributed by atoms with E-state index in [1.807, 2.05) is 6.07 Å². The van der Waals surface area contributed by atoms with Crippen molar-refractivity contribution in [1.82, 2.24) is 19.7 Å². The summed E-state index contributed by atoms with van der Waals surface area (Å²) < 4.78 is 2.09. The monoisotopic (exact) mass is 336 g/mol. The first-order valence-corrected chi connectivity index (χ1v) is 8.69. The number of pyridine rings is 1. The Balaban J connectivity index is 1.58. The molecule has 21 heavy (non-hydrogen) atoms. The molecule has 0 amide bonds. The van der Waals surface area contributed by atoms with E-state index in [0.717, 1.165) is 29.4 Å². The van der Waals surface area contributed by atoms with Crippen molar-refractivity contribution in [3.8, 4) is 0 Å². The van der Waals surface area contributed by atoms with Crippen molar-refractivity contribution >= 4 is 34.7 Å². The zero-order valence-corrected chi connectivity index (χ0v) is 13.5. The number of rotatable bonds is 6. The van der Waals surface area contributed by atoms with Gasteiger partial charge in [-0.3, -0.25) is 0 Å². The Hall–Kier alpha value is -1.37. The van der Waals surface area contributed by atoms with Gasteiger partial charge in [0.2, 0.25) is 0 Å². The second-order valence-corrected chi connectivity index (χ2v) is 6.78. The molecular weight excluding hydrogens is 324 g/mol. The third-order valence-electron chi connectivity index (χ3n) is 2.92. The van der Waals surface area contributed by atoms with Crippen molar-refractivity contribution in [2.45, 2.75) is 23.9 Å². The van der Waals surface area contributed by atoms with Gasteiger partial charge in [0.25, 0.3) is 0 Å². The SMILES string of the molecule is Clc1ccc(CSc2nncn2CCc2cccs2)cn1. The molecule has 0 saturated carbocycles. The number of thiophene rings is 1. The number of halogens is 1. The summed E-state index contributed by atoms with van der Waals surface area (Å²) in [6, 6.07) is 8.02. The van der Waals surface area contributed by atoms with Gasteiger partial charge in [-0.15, -0.1) is 21.5 Å². The van der Waals surface area contributed by atoms with E-state index in [2.05, 4.69) is 37.3 Å². The van der Waals surface area contributed by atoms with Gasteiger partial charge in [0.05, 0.1) is 0 Å². The van der Waals surface area contributed by atoms with Crippen LogP contribution in [0.1, 0.15) is 10.4 Å². The molecule has 0 atom stereocenters. The Morgan fingerprint density at radius 1 is 1.29 bits per heavy atom. The van der Waals surface area contributed by atoms with E-state index in [9.17, 15) is 0 Å². The first-order chi connectivity index (χ1) is 10.3. The molecule has 4 nitrogen and oxygen atoms in total. The predicted octanol–water partition coefficient (Wildman–Crippen LogP) is 3.92. The van der Waals surface area contributed by atoms with Crippen molar-refractivity contribution in [2.75, 3.05) is 0 Å². The van der Waals surface area contributed by atoms with Crippen LogP contribution in [0.15, 0.2) is 47.3 Å². The molecule has 0 aromatic carbocycles. The van der Waals surface area contributed by atoms with Crippen molar-refractivity contribution in [3.63, 3.8) is 0 Å². The van der Waals surface area contributed by atoms with Crippen LogP contribution in [0.3, 0.4) is 0 Å². The summed E-state index contributed by atoms with van der Waals surface area (Å²) in [5, 5.41) is 11.7. The molecule has 0 N–H and O–H groups in total. The van der Waals surface area contributed by atoms with E-state index < -0.39 is 0 Å². The summed E-state index contributed by atoms with van der Waals surface area (Å²) in [6.45, 7) is 0.898. The highest BCUT2D eigenvalue weighted by molar-refractivity contribution is 7.98. The molecule has 0 spiro atoms. The van der Waals surface area contributed by atoms with Gasteiger partial charge in [0, 0.05) is 23.4 Å². The maximum atomic E-state index is 5.78. The summed E-state index contributed by atoms with van der Waals surface area (Å²) in [5.74, 6) is 0.807. The number of thioether (sulfide) groups is 1. The molecule has 3 rings (SSSR count). The highest BCUT2D eigenvalue weighted by Crippen LogP contribution is 2.21. The van der Waals surface area contributed by atoms with Gasteiger partial charge < -0.3 is 4.57 Å². The van der Waals surface area contributed by atoms with E-state index in [4.69, 9.17) is 11.6 Å². The quantitative estimate of drug-likeness (QED) is 0.505. The lowest BCUT2D eigenvalue weighted by atomic mass is 10.3. The molecule has 3 aromatic rings. The van der Waals surface area contributed by atoms with Crippen LogP contribution in [0.25, 0.3) is 0 Å². The highest BCUT2D eigenvalue weighted by atomic mass is 35.5. The summed E-state index contributed by atoms with van der Waals surface area (Å²) in [7, 11) is 0. The number of nitrogens with zero attached hydrogens (tertiary/aromatic N) is 4. The fourth-order valence-corrected chi connectivity index (χ4v) is 3.52. The van der Waals surface area contributed by atoms with Crippen LogP contribution >= 0.6 is 34.7 Å². The molecule has 0 radical (unpaired) electrons. The largest absolute Gasteiger partial charge is 0.308 e. The Morgan fingerprint density at radius 3 is 3.00 bits per heavy atom. The topological polar surface area (TPSA) is 43.6 Å². The second kappa shape index (κ2) is 7.06. The van der Waals surface area contributed by atoms with Gasteiger partial charge >= 0.3 is 0 Å². The second-order valence-electron chi connectivity index (χ2n) is 4.41. The summed E-state index contributed by atoms with van der Waals surface area (Å²) in [4.78, 5) is 5.46. The number of aromatic nitrogens is 4. The third kappa shape index (κ3) is 4.06. The molecule has 0 aliphatic carbocycles. The molecule has 0 saturated heterocycles. The van der Waals surface area contributed by atoms with Crippen LogP contribution in [0, 0.1) is 0 Å². The fourth-order valence-electron chi connectivity index (χ4n) is 1.83. The van der Waals surface area contributed by atoms with Crippen LogP contribution < -0.4 is 0 Å². The minimum atomic E-state index is 0.517. The minimum absolute atomic E-state index is 0.517. The highest BCUT2D eigenvalue weighted by Gasteiger charge is 2.06. The van der Waals surface area contributed by atoms with Crippen molar-refractivity contribution in [1.29, 1.82) is 0 Å². The van der Waals surface area contributed by atoms with Gasteiger partial charge in [0.1, 0.15) is 11.5 Å². The van der Waals surface area contributed by atoms with Gasteiger partial charge in [-0.05, 0) is 29.5 Å². The minimum Gasteiger partial charge on any atom is -0.308 e. The standard InChI is InChI=1S/C14H13ClN4S2/c15-13-4-3-11(8-16-13)9-21-14-18-17-10-19(14)6-5-12-2-1-7-20-12/h1-4,7-8,10H,5-6,9H2. The summed E-state index contributed by atoms with van der Waals surface area (Å²) in [5.41, 5.74) is 1.12. The maximum absolute atomic E-state index is 5.78.